The van der Waals surface area contributed by atoms with E-state index in [1.54, 1.807) is 0 Å². The van der Waals surface area contributed by atoms with Gasteiger partial charge in [-0.3, -0.25) is 0 Å². The van der Waals surface area contributed by atoms with Gasteiger partial charge in [-0.15, -0.1) is 0 Å². The highest BCUT2D eigenvalue weighted by atomic mass is 16.5. The molecule has 2 N–H and O–H groups in total. The van der Waals surface area contributed by atoms with E-state index in [4.69, 9.17) is 10.5 Å². The summed E-state index contributed by atoms with van der Waals surface area (Å²) in [5.74, 6) is 0. The van der Waals surface area contributed by atoms with Crippen molar-refractivity contribution < 1.29 is 4.74 Å². The molecule has 3 unspecified atom stereocenters. The van der Waals surface area contributed by atoms with E-state index in [0.29, 0.717) is 6.10 Å². The van der Waals surface area contributed by atoms with Gasteiger partial charge in [0.25, 0.3) is 0 Å². The lowest BCUT2D eigenvalue weighted by molar-refractivity contribution is 0.0404. The lowest BCUT2D eigenvalue weighted by atomic mass is 9.99. The third kappa shape index (κ3) is 3.30. The first-order valence-corrected chi connectivity index (χ1v) is 6.68. The molecule has 0 radical (unpaired) electrons. The maximum atomic E-state index is 6.22. The largest absolute Gasteiger partial charge is 0.374 e. The van der Waals surface area contributed by atoms with Crippen LogP contribution in [0.25, 0.3) is 0 Å². The van der Waals surface area contributed by atoms with Crippen LogP contribution in [0, 0.1) is 0 Å². The van der Waals surface area contributed by atoms with Gasteiger partial charge in [0, 0.05) is 6.04 Å². The summed E-state index contributed by atoms with van der Waals surface area (Å²) in [6.45, 7) is 4.30. The zero-order valence-corrected chi connectivity index (χ0v) is 10.9. The number of hydrogen-bond acceptors (Lipinski definition) is 2. The van der Waals surface area contributed by atoms with Crippen LogP contribution in [-0.2, 0) is 17.6 Å². The standard InChI is InChI=1S/C15H23NO/c1-3-12-5-7-13(8-6-12)10-14(16)15-9-4-11(2)17-15/h5-8,11,14-15H,3-4,9-10,16H2,1-2H3. The van der Waals surface area contributed by atoms with Crippen LogP contribution >= 0.6 is 0 Å². The Morgan fingerprint density at radius 1 is 1.24 bits per heavy atom. The van der Waals surface area contributed by atoms with Crippen LogP contribution in [0.1, 0.15) is 37.8 Å². The molecule has 1 saturated heterocycles. The molecule has 3 atom stereocenters. The molecule has 2 rings (SSSR count). The van der Waals surface area contributed by atoms with E-state index in [1.165, 1.54) is 11.1 Å². The van der Waals surface area contributed by atoms with Gasteiger partial charge in [0.05, 0.1) is 12.2 Å². The van der Waals surface area contributed by atoms with E-state index in [-0.39, 0.29) is 12.1 Å². The molecule has 0 aliphatic carbocycles. The minimum absolute atomic E-state index is 0.132. The van der Waals surface area contributed by atoms with Gasteiger partial charge in [0.15, 0.2) is 0 Å². The van der Waals surface area contributed by atoms with Crippen molar-refractivity contribution in [2.24, 2.45) is 5.73 Å². The molecule has 1 aliphatic heterocycles. The van der Waals surface area contributed by atoms with Crippen LogP contribution in [0.15, 0.2) is 24.3 Å². The Labute approximate surface area is 104 Å². The fourth-order valence-corrected chi connectivity index (χ4v) is 2.46. The van der Waals surface area contributed by atoms with E-state index in [0.717, 1.165) is 25.7 Å². The highest BCUT2D eigenvalue weighted by Crippen LogP contribution is 2.22. The number of rotatable bonds is 4. The molecule has 1 aromatic rings. The first-order valence-electron chi connectivity index (χ1n) is 6.68. The second-order valence-corrected chi connectivity index (χ2v) is 5.10. The van der Waals surface area contributed by atoms with Gasteiger partial charge in [-0.1, -0.05) is 31.2 Å². The summed E-state index contributed by atoms with van der Waals surface area (Å²) in [6, 6.07) is 8.90. The summed E-state index contributed by atoms with van der Waals surface area (Å²) in [6.07, 6.45) is 4.89. The lowest BCUT2D eigenvalue weighted by Gasteiger charge is -2.19. The van der Waals surface area contributed by atoms with Crippen molar-refractivity contribution in [3.05, 3.63) is 35.4 Å². The maximum absolute atomic E-state index is 6.22. The van der Waals surface area contributed by atoms with Crippen LogP contribution in [0.5, 0.6) is 0 Å². The molecule has 0 saturated carbocycles. The SMILES string of the molecule is CCc1ccc(CC(N)C2CCC(C)O2)cc1. The van der Waals surface area contributed by atoms with E-state index >= 15 is 0 Å². The molecule has 2 heteroatoms. The first-order chi connectivity index (χ1) is 8.19. The van der Waals surface area contributed by atoms with Crippen LogP contribution < -0.4 is 5.73 Å². The Balaban J connectivity index is 1.91. The smallest absolute Gasteiger partial charge is 0.0733 e. The first kappa shape index (κ1) is 12.6. The third-order valence-corrected chi connectivity index (χ3v) is 3.64. The molecule has 0 spiro atoms. The minimum Gasteiger partial charge on any atom is -0.374 e. The molecule has 0 aromatic heterocycles. The number of ether oxygens (including phenoxy) is 1. The average molecular weight is 233 g/mol. The molecule has 1 heterocycles. The maximum Gasteiger partial charge on any atom is 0.0733 e. The van der Waals surface area contributed by atoms with Gasteiger partial charge in [-0.25, -0.2) is 0 Å². The quantitative estimate of drug-likeness (QED) is 0.867. The Kier molecular flexibility index (Phi) is 4.19. The Morgan fingerprint density at radius 3 is 2.41 bits per heavy atom. The number of nitrogens with two attached hydrogens (primary N) is 1. The van der Waals surface area contributed by atoms with Gasteiger partial charge < -0.3 is 10.5 Å². The van der Waals surface area contributed by atoms with Gasteiger partial charge >= 0.3 is 0 Å². The summed E-state index contributed by atoms with van der Waals surface area (Å²) < 4.78 is 5.82. The third-order valence-electron chi connectivity index (χ3n) is 3.64. The van der Waals surface area contributed by atoms with Crippen LogP contribution in [0.3, 0.4) is 0 Å². The van der Waals surface area contributed by atoms with E-state index in [2.05, 4.69) is 38.1 Å². The highest BCUT2D eigenvalue weighted by Gasteiger charge is 2.27. The molecule has 1 aromatic carbocycles. The monoisotopic (exact) mass is 233 g/mol. The van der Waals surface area contributed by atoms with Crippen molar-refractivity contribution >= 4 is 0 Å². The normalized spacial score (nSPS) is 26.1. The second-order valence-electron chi connectivity index (χ2n) is 5.10. The predicted molar refractivity (Wildman–Crippen MR) is 71.1 cm³/mol. The van der Waals surface area contributed by atoms with E-state index < -0.39 is 0 Å². The van der Waals surface area contributed by atoms with Crippen molar-refractivity contribution in [3.8, 4) is 0 Å². The molecular weight excluding hydrogens is 210 g/mol. The summed E-state index contributed by atoms with van der Waals surface area (Å²) in [5.41, 5.74) is 8.92. The minimum atomic E-state index is 0.132. The molecule has 1 fully saturated rings. The van der Waals surface area contributed by atoms with Crippen molar-refractivity contribution in [2.45, 2.75) is 57.8 Å². The molecule has 17 heavy (non-hydrogen) atoms. The van der Waals surface area contributed by atoms with E-state index in [1.807, 2.05) is 0 Å². The summed E-state index contributed by atoms with van der Waals surface area (Å²) in [7, 11) is 0. The fraction of sp³-hybridized carbons (Fsp3) is 0.600. The Bertz CT molecular complexity index is 346. The zero-order valence-electron chi connectivity index (χ0n) is 10.9. The zero-order chi connectivity index (χ0) is 12.3. The topological polar surface area (TPSA) is 35.2 Å². The van der Waals surface area contributed by atoms with Crippen molar-refractivity contribution in [1.29, 1.82) is 0 Å². The molecule has 0 amide bonds. The van der Waals surface area contributed by atoms with E-state index in [9.17, 15) is 0 Å². The van der Waals surface area contributed by atoms with Crippen LogP contribution in [0.2, 0.25) is 0 Å². The molecular formula is C15H23NO. The van der Waals surface area contributed by atoms with Crippen molar-refractivity contribution in [1.82, 2.24) is 0 Å². The predicted octanol–water partition coefficient (Wildman–Crippen LogP) is 2.69. The van der Waals surface area contributed by atoms with Crippen molar-refractivity contribution in [3.63, 3.8) is 0 Å². The summed E-state index contributed by atoms with van der Waals surface area (Å²) >= 11 is 0. The Hall–Kier alpha value is -0.860. The van der Waals surface area contributed by atoms with Gasteiger partial charge in [0.1, 0.15) is 0 Å². The molecule has 1 aliphatic rings. The number of aryl methyl sites for hydroxylation is 1. The number of hydrogen-bond donors (Lipinski definition) is 1. The fourth-order valence-electron chi connectivity index (χ4n) is 2.46. The Morgan fingerprint density at radius 2 is 1.88 bits per heavy atom. The van der Waals surface area contributed by atoms with Gasteiger partial charge in [-0.05, 0) is 43.7 Å². The van der Waals surface area contributed by atoms with Crippen molar-refractivity contribution in [2.75, 3.05) is 0 Å². The average Bonchev–Trinajstić information content (AvgIpc) is 2.77. The van der Waals surface area contributed by atoms with Gasteiger partial charge in [0.2, 0.25) is 0 Å². The van der Waals surface area contributed by atoms with Gasteiger partial charge in [-0.2, -0.15) is 0 Å². The highest BCUT2D eigenvalue weighted by molar-refractivity contribution is 5.23. The summed E-state index contributed by atoms with van der Waals surface area (Å²) in [4.78, 5) is 0. The summed E-state index contributed by atoms with van der Waals surface area (Å²) in [5, 5.41) is 0. The molecule has 2 nitrogen and oxygen atoms in total. The van der Waals surface area contributed by atoms with Crippen LogP contribution in [-0.4, -0.2) is 18.2 Å². The number of benzene rings is 1. The lowest BCUT2D eigenvalue weighted by Crippen LogP contribution is -2.36. The second kappa shape index (κ2) is 5.65. The molecule has 94 valence electrons. The molecule has 0 bridgehead atoms. The van der Waals surface area contributed by atoms with Crippen LogP contribution in [0.4, 0.5) is 0 Å².